The van der Waals surface area contributed by atoms with Crippen LogP contribution in [0.1, 0.15) is 52.4 Å². The third-order valence-corrected chi connectivity index (χ3v) is 4.53. The van der Waals surface area contributed by atoms with Crippen LogP contribution in [-0.2, 0) is 4.79 Å². The van der Waals surface area contributed by atoms with E-state index in [1.165, 1.54) is 32.1 Å². The van der Waals surface area contributed by atoms with E-state index in [-0.39, 0.29) is 17.9 Å². The first-order valence-electron chi connectivity index (χ1n) is 7.17. The van der Waals surface area contributed by atoms with Gasteiger partial charge in [0.15, 0.2) is 0 Å². The van der Waals surface area contributed by atoms with Crippen molar-refractivity contribution in [2.75, 3.05) is 6.54 Å². The zero-order valence-electron chi connectivity index (χ0n) is 11.2. The van der Waals surface area contributed by atoms with E-state index in [0.717, 1.165) is 18.9 Å². The largest absolute Gasteiger partial charge is 0.338 e. The summed E-state index contributed by atoms with van der Waals surface area (Å²) in [5.74, 6) is 1.18. The number of amides is 1. The summed E-state index contributed by atoms with van der Waals surface area (Å²) in [4.78, 5) is 14.5. The maximum atomic E-state index is 12.4. The van der Waals surface area contributed by atoms with Crippen LogP contribution in [0.15, 0.2) is 0 Å². The Hall–Kier alpha value is -0.570. The molecule has 0 aromatic heterocycles. The van der Waals surface area contributed by atoms with E-state index in [2.05, 4.69) is 4.90 Å². The molecule has 1 aliphatic heterocycles. The summed E-state index contributed by atoms with van der Waals surface area (Å²) >= 11 is 0. The number of hydrogen-bond donors (Lipinski definition) is 1. The number of fused-ring (bicyclic) bond motifs is 1. The minimum atomic E-state index is -0.310. The van der Waals surface area contributed by atoms with Gasteiger partial charge < -0.3 is 10.6 Å². The first-order valence-corrected chi connectivity index (χ1v) is 7.17. The number of carbonyl (C=O) groups excluding carboxylic acids is 1. The quantitative estimate of drug-likeness (QED) is 0.801. The third kappa shape index (κ3) is 2.65. The lowest BCUT2D eigenvalue weighted by atomic mass is 9.78. The van der Waals surface area contributed by atoms with Crippen LogP contribution in [0.25, 0.3) is 0 Å². The summed E-state index contributed by atoms with van der Waals surface area (Å²) in [6.07, 6.45) is 7.61. The zero-order chi connectivity index (χ0) is 12.4. The van der Waals surface area contributed by atoms with Crippen molar-refractivity contribution in [2.45, 2.75) is 64.5 Å². The molecular weight excluding hydrogens is 212 g/mol. The maximum absolute atomic E-state index is 12.4. The van der Waals surface area contributed by atoms with Gasteiger partial charge in [0.1, 0.15) is 0 Å². The molecule has 0 spiro atoms. The number of nitrogens with zero attached hydrogens (tertiary/aromatic N) is 1. The van der Waals surface area contributed by atoms with Crippen LogP contribution in [0.5, 0.6) is 0 Å². The van der Waals surface area contributed by atoms with Crippen molar-refractivity contribution in [2.24, 2.45) is 17.6 Å². The maximum Gasteiger partial charge on any atom is 0.240 e. The second kappa shape index (κ2) is 5.38. The SMILES string of the molecule is CC(C)[C@@H](N)C(=O)N1CCC[C@H]2CCCC[C@H]21. The summed E-state index contributed by atoms with van der Waals surface area (Å²) < 4.78 is 0. The number of nitrogens with two attached hydrogens (primary N) is 1. The molecule has 1 aliphatic carbocycles. The number of rotatable bonds is 2. The number of hydrogen-bond acceptors (Lipinski definition) is 2. The van der Waals surface area contributed by atoms with E-state index in [1.54, 1.807) is 0 Å². The lowest BCUT2D eigenvalue weighted by Crippen LogP contribution is -2.55. The van der Waals surface area contributed by atoms with Crippen molar-refractivity contribution in [1.29, 1.82) is 0 Å². The summed E-state index contributed by atoms with van der Waals surface area (Å²) in [6, 6.07) is 0.186. The summed E-state index contributed by atoms with van der Waals surface area (Å²) in [5, 5.41) is 0. The Kier molecular flexibility index (Phi) is 4.08. The molecule has 0 bridgehead atoms. The van der Waals surface area contributed by atoms with E-state index in [4.69, 9.17) is 5.73 Å². The number of carbonyl (C=O) groups is 1. The molecule has 0 radical (unpaired) electrons. The Morgan fingerprint density at radius 1 is 1.18 bits per heavy atom. The Morgan fingerprint density at radius 3 is 2.53 bits per heavy atom. The average Bonchev–Trinajstić information content (AvgIpc) is 2.36. The second-order valence-corrected chi connectivity index (χ2v) is 6.06. The van der Waals surface area contributed by atoms with Gasteiger partial charge in [0, 0.05) is 12.6 Å². The first kappa shape index (κ1) is 12.9. The van der Waals surface area contributed by atoms with Crippen LogP contribution >= 0.6 is 0 Å². The van der Waals surface area contributed by atoms with Gasteiger partial charge in [-0.05, 0) is 37.5 Å². The number of likely N-dealkylation sites (tertiary alicyclic amines) is 1. The molecule has 2 aliphatic rings. The summed E-state index contributed by atoms with van der Waals surface area (Å²) in [7, 11) is 0. The van der Waals surface area contributed by atoms with Crippen molar-refractivity contribution in [3.63, 3.8) is 0 Å². The summed E-state index contributed by atoms with van der Waals surface area (Å²) in [6.45, 7) is 5.00. The second-order valence-electron chi connectivity index (χ2n) is 6.06. The fourth-order valence-electron chi connectivity index (χ4n) is 3.38. The Labute approximate surface area is 105 Å². The van der Waals surface area contributed by atoms with Gasteiger partial charge in [0.2, 0.25) is 5.91 Å². The molecule has 3 atom stereocenters. The Morgan fingerprint density at radius 2 is 1.82 bits per heavy atom. The molecule has 1 saturated carbocycles. The molecule has 17 heavy (non-hydrogen) atoms. The van der Waals surface area contributed by atoms with Crippen LogP contribution < -0.4 is 5.73 Å². The van der Waals surface area contributed by atoms with Gasteiger partial charge in [-0.3, -0.25) is 4.79 Å². The topological polar surface area (TPSA) is 46.3 Å². The molecule has 1 amide bonds. The van der Waals surface area contributed by atoms with E-state index in [9.17, 15) is 4.79 Å². The van der Waals surface area contributed by atoms with Gasteiger partial charge in [0.05, 0.1) is 6.04 Å². The molecular formula is C14H26N2O. The molecule has 2 rings (SSSR count). The predicted octanol–water partition coefficient (Wildman–Crippen LogP) is 2.15. The summed E-state index contributed by atoms with van der Waals surface area (Å²) in [5.41, 5.74) is 6.02. The molecule has 0 aromatic carbocycles. The van der Waals surface area contributed by atoms with Crippen LogP contribution in [-0.4, -0.2) is 29.4 Å². The van der Waals surface area contributed by atoms with Crippen LogP contribution in [0.3, 0.4) is 0 Å². The molecule has 0 unspecified atom stereocenters. The van der Waals surface area contributed by atoms with E-state index in [0.29, 0.717) is 6.04 Å². The highest BCUT2D eigenvalue weighted by atomic mass is 16.2. The van der Waals surface area contributed by atoms with Crippen LogP contribution in [0.4, 0.5) is 0 Å². The van der Waals surface area contributed by atoms with Crippen LogP contribution in [0, 0.1) is 11.8 Å². The standard InChI is InChI=1S/C14H26N2O/c1-10(2)13(15)14(17)16-9-5-7-11-6-3-4-8-12(11)16/h10-13H,3-9,15H2,1-2H3/t11-,12-,13-/m1/s1. The van der Waals surface area contributed by atoms with E-state index < -0.39 is 0 Å². The van der Waals surface area contributed by atoms with Gasteiger partial charge in [-0.2, -0.15) is 0 Å². The van der Waals surface area contributed by atoms with E-state index in [1.807, 2.05) is 13.8 Å². The minimum Gasteiger partial charge on any atom is -0.338 e. The van der Waals surface area contributed by atoms with Gasteiger partial charge in [0.25, 0.3) is 0 Å². The zero-order valence-corrected chi connectivity index (χ0v) is 11.2. The molecule has 1 heterocycles. The van der Waals surface area contributed by atoms with Crippen molar-refractivity contribution >= 4 is 5.91 Å². The van der Waals surface area contributed by atoms with Gasteiger partial charge in [-0.1, -0.05) is 26.7 Å². The van der Waals surface area contributed by atoms with Crippen molar-refractivity contribution < 1.29 is 4.79 Å². The fraction of sp³-hybridized carbons (Fsp3) is 0.929. The molecule has 3 heteroatoms. The minimum absolute atomic E-state index is 0.191. The highest BCUT2D eigenvalue weighted by Crippen LogP contribution is 2.35. The van der Waals surface area contributed by atoms with Crippen molar-refractivity contribution in [1.82, 2.24) is 4.90 Å². The Balaban J connectivity index is 2.05. The van der Waals surface area contributed by atoms with Gasteiger partial charge in [-0.15, -0.1) is 0 Å². The normalized spacial score (nSPS) is 31.2. The molecule has 98 valence electrons. The molecule has 1 saturated heterocycles. The average molecular weight is 238 g/mol. The predicted molar refractivity (Wildman–Crippen MR) is 69.5 cm³/mol. The van der Waals surface area contributed by atoms with E-state index >= 15 is 0 Å². The highest BCUT2D eigenvalue weighted by molar-refractivity contribution is 5.82. The third-order valence-electron chi connectivity index (χ3n) is 4.53. The molecule has 2 N–H and O–H groups in total. The van der Waals surface area contributed by atoms with Crippen LogP contribution in [0.2, 0.25) is 0 Å². The highest BCUT2D eigenvalue weighted by Gasteiger charge is 2.37. The number of piperidine rings is 1. The van der Waals surface area contributed by atoms with Crippen molar-refractivity contribution in [3.05, 3.63) is 0 Å². The smallest absolute Gasteiger partial charge is 0.240 e. The lowest BCUT2D eigenvalue weighted by molar-refractivity contribution is -0.140. The molecule has 0 aromatic rings. The lowest BCUT2D eigenvalue weighted by Gasteiger charge is -2.45. The van der Waals surface area contributed by atoms with Crippen molar-refractivity contribution in [3.8, 4) is 0 Å². The molecule has 3 nitrogen and oxygen atoms in total. The molecule has 2 fully saturated rings. The monoisotopic (exact) mass is 238 g/mol. The Bertz CT molecular complexity index is 275. The van der Waals surface area contributed by atoms with Gasteiger partial charge in [-0.25, -0.2) is 0 Å². The van der Waals surface area contributed by atoms with Gasteiger partial charge >= 0.3 is 0 Å². The fourth-order valence-corrected chi connectivity index (χ4v) is 3.38. The first-order chi connectivity index (χ1) is 8.11.